The van der Waals surface area contributed by atoms with E-state index in [4.69, 9.17) is 4.42 Å². The van der Waals surface area contributed by atoms with Gasteiger partial charge in [-0.15, -0.1) is 0 Å². The van der Waals surface area contributed by atoms with Crippen molar-refractivity contribution in [3.05, 3.63) is 24.2 Å². The summed E-state index contributed by atoms with van der Waals surface area (Å²) in [5.74, 6) is 1.06. The Morgan fingerprint density at radius 1 is 1.17 bits per heavy atom. The molecule has 0 radical (unpaired) electrons. The van der Waals surface area contributed by atoms with Gasteiger partial charge in [0.15, 0.2) is 0 Å². The van der Waals surface area contributed by atoms with Gasteiger partial charge in [0.25, 0.3) is 0 Å². The first-order valence-electron chi connectivity index (χ1n) is 8.76. The number of carbonyl (C=O) groups is 2. The molecule has 0 unspecified atom stereocenters. The van der Waals surface area contributed by atoms with Gasteiger partial charge in [-0.25, -0.2) is 0 Å². The van der Waals surface area contributed by atoms with Gasteiger partial charge in [0, 0.05) is 38.8 Å². The van der Waals surface area contributed by atoms with Gasteiger partial charge in [0.05, 0.1) is 19.4 Å². The largest absolute Gasteiger partial charge is 0.468 e. The lowest BCUT2D eigenvalue weighted by Crippen LogP contribution is -2.67. The number of hydrogen-bond donors (Lipinski definition) is 1. The Bertz CT molecular complexity index is 595. The summed E-state index contributed by atoms with van der Waals surface area (Å²) in [6.45, 7) is 5.32. The summed E-state index contributed by atoms with van der Waals surface area (Å²) in [6.07, 6.45) is 3.92. The van der Waals surface area contributed by atoms with E-state index in [1.165, 1.54) is 0 Å². The summed E-state index contributed by atoms with van der Waals surface area (Å²) in [4.78, 5) is 30.6. The molecule has 7 nitrogen and oxygen atoms in total. The second-order valence-electron chi connectivity index (χ2n) is 6.90. The number of piperazine rings is 2. The van der Waals surface area contributed by atoms with E-state index in [1.807, 2.05) is 12.1 Å². The van der Waals surface area contributed by atoms with Crippen LogP contribution in [0.3, 0.4) is 0 Å². The normalized spacial score (nSPS) is 27.2. The Morgan fingerprint density at radius 2 is 2.00 bits per heavy atom. The summed E-state index contributed by atoms with van der Waals surface area (Å²) >= 11 is 0. The van der Waals surface area contributed by atoms with Crippen molar-refractivity contribution in [2.24, 2.45) is 0 Å². The molecular weight excluding hydrogens is 308 g/mol. The maximum absolute atomic E-state index is 12.1. The van der Waals surface area contributed by atoms with Gasteiger partial charge in [0.1, 0.15) is 11.8 Å². The first kappa shape index (κ1) is 15.7. The average molecular weight is 332 g/mol. The fourth-order valence-electron chi connectivity index (χ4n) is 4.11. The maximum Gasteiger partial charge on any atom is 0.244 e. The first-order chi connectivity index (χ1) is 11.7. The zero-order valence-corrected chi connectivity index (χ0v) is 13.8. The number of hydrogen-bond acceptors (Lipinski definition) is 5. The molecule has 1 N–H and O–H groups in total. The highest BCUT2D eigenvalue weighted by Crippen LogP contribution is 2.22. The highest BCUT2D eigenvalue weighted by Gasteiger charge is 2.40. The highest BCUT2D eigenvalue weighted by molar-refractivity contribution is 5.95. The molecule has 0 aromatic carbocycles. The van der Waals surface area contributed by atoms with Crippen LogP contribution in [0.4, 0.5) is 0 Å². The highest BCUT2D eigenvalue weighted by atomic mass is 16.3. The number of carbonyl (C=O) groups excluding carboxylic acids is 2. The van der Waals surface area contributed by atoms with Gasteiger partial charge in [-0.05, 0) is 25.0 Å². The van der Waals surface area contributed by atoms with Gasteiger partial charge >= 0.3 is 0 Å². The fraction of sp³-hybridized carbons (Fsp3) is 0.647. The van der Waals surface area contributed by atoms with Gasteiger partial charge < -0.3 is 14.6 Å². The second kappa shape index (κ2) is 6.57. The fourth-order valence-corrected chi connectivity index (χ4v) is 4.11. The van der Waals surface area contributed by atoms with E-state index in [0.717, 1.165) is 44.8 Å². The molecule has 3 saturated heterocycles. The predicted molar refractivity (Wildman–Crippen MR) is 87.1 cm³/mol. The zero-order valence-electron chi connectivity index (χ0n) is 13.8. The van der Waals surface area contributed by atoms with Crippen LogP contribution in [-0.4, -0.2) is 77.9 Å². The summed E-state index contributed by atoms with van der Waals surface area (Å²) in [5, 5.41) is 2.71. The molecule has 130 valence electrons. The van der Waals surface area contributed by atoms with E-state index in [-0.39, 0.29) is 24.4 Å². The predicted octanol–water partition coefficient (Wildman–Crippen LogP) is -0.113. The Hall–Kier alpha value is -1.86. The third-order valence-electron chi connectivity index (χ3n) is 5.48. The van der Waals surface area contributed by atoms with E-state index in [0.29, 0.717) is 19.1 Å². The zero-order chi connectivity index (χ0) is 16.5. The van der Waals surface area contributed by atoms with Gasteiger partial charge in [0.2, 0.25) is 11.8 Å². The molecule has 1 aromatic heterocycles. The number of furan rings is 1. The van der Waals surface area contributed by atoms with E-state index < -0.39 is 0 Å². The van der Waals surface area contributed by atoms with Crippen LogP contribution in [0.2, 0.25) is 0 Å². The Kier molecular flexibility index (Phi) is 4.28. The van der Waals surface area contributed by atoms with E-state index in [1.54, 1.807) is 11.2 Å². The van der Waals surface area contributed by atoms with Crippen LogP contribution in [0.15, 0.2) is 22.8 Å². The van der Waals surface area contributed by atoms with Crippen LogP contribution in [-0.2, 0) is 16.1 Å². The van der Waals surface area contributed by atoms with Crippen LogP contribution < -0.4 is 5.32 Å². The van der Waals surface area contributed by atoms with E-state index >= 15 is 0 Å². The first-order valence-corrected chi connectivity index (χ1v) is 8.76. The Morgan fingerprint density at radius 3 is 2.75 bits per heavy atom. The molecule has 4 rings (SSSR count). The third-order valence-corrected chi connectivity index (χ3v) is 5.48. The number of nitrogens with zero attached hydrogens (tertiary/aromatic N) is 3. The Balaban J connectivity index is 1.31. The number of piperidine rings is 1. The van der Waals surface area contributed by atoms with Gasteiger partial charge in [-0.3, -0.25) is 19.4 Å². The third kappa shape index (κ3) is 3.06. The van der Waals surface area contributed by atoms with Crippen LogP contribution >= 0.6 is 0 Å². The minimum absolute atomic E-state index is 0.00504. The molecule has 3 aliphatic rings. The quantitative estimate of drug-likeness (QED) is 0.836. The molecule has 0 spiro atoms. The molecule has 24 heavy (non-hydrogen) atoms. The molecule has 0 aliphatic carbocycles. The number of likely N-dealkylation sites (tertiary alicyclic amines) is 1. The molecule has 4 heterocycles. The monoisotopic (exact) mass is 332 g/mol. The van der Waals surface area contributed by atoms with Gasteiger partial charge in [-0.2, -0.15) is 0 Å². The molecule has 2 amide bonds. The minimum atomic E-state index is -0.304. The molecule has 0 saturated carbocycles. The van der Waals surface area contributed by atoms with Gasteiger partial charge in [-0.1, -0.05) is 0 Å². The SMILES string of the molecule is O=C1NCC(=O)N2CCN(C3CCN(Cc4ccco4)CC3)C[C@@H]12. The van der Waals surface area contributed by atoms with Crippen molar-refractivity contribution in [2.45, 2.75) is 31.5 Å². The number of nitrogens with one attached hydrogen (secondary N) is 1. The smallest absolute Gasteiger partial charge is 0.244 e. The maximum atomic E-state index is 12.1. The van der Waals surface area contributed by atoms with Crippen molar-refractivity contribution >= 4 is 11.8 Å². The Labute approximate surface area is 141 Å². The lowest BCUT2D eigenvalue weighted by Gasteiger charge is -2.47. The summed E-state index contributed by atoms with van der Waals surface area (Å²) in [7, 11) is 0. The van der Waals surface area contributed by atoms with Crippen molar-refractivity contribution in [1.82, 2.24) is 20.0 Å². The van der Waals surface area contributed by atoms with E-state index in [2.05, 4.69) is 15.1 Å². The summed E-state index contributed by atoms with van der Waals surface area (Å²) in [6, 6.07) is 4.15. The lowest BCUT2D eigenvalue weighted by molar-refractivity contribution is -0.150. The molecule has 1 aromatic rings. The summed E-state index contributed by atoms with van der Waals surface area (Å²) < 4.78 is 5.43. The van der Waals surface area contributed by atoms with Crippen LogP contribution in [0, 0.1) is 0 Å². The minimum Gasteiger partial charge on any atom is -0.468 e. The molecule has 3 fully saturated rings. The number of fused-ring (bicyclic) bond motifs is 1. The molecule has 0 bridgehead atoms. The number of amides is 2. The van der Waals surface area contributed by atoms with Crippen molar-refractivity contribution in [1.29, 1.82) is 0 Å². The van der Waals surface area contributed by atoms with Crippen molar-refractivity contribution in [2.75, 3.05) is 39.3 Å². The van der Waals surface area contributed by atoms with Crippen molar-refractivity contribution in [3.8, 4) is 0 Å². The second-order valence-corrected chi connectivity index (χ2v) is 6.90. The lowest BCUT2D eigenvalue weighted by atomic mass is 9.99. The van der Waals surface area contributed by atoms with Crippen molar-refractivity contribution in [3.63, 3.8) is 0 Å². The van der Waals surface area contributed by atoms with Crippen LogP contribution in [0.5, 0.6) is 0 Å². The standard InChI is InChI=1S/C17H24N4O3/c22-16-10-18-17(23)15-12-20(7-8-21(15)16)13-3-5-19(6-4-13)11-14-2-1-9-24-14/h1-2,9,13,15H,3-8,10-12H2,(H,18,23)/t15-/m0/s1. The van der Waals surface area contributed by atoms with Crippen LogP contribution in [0.1, 0.15) is 18.6 Å². The number of rotatable bonds is 3. The van der Waals surface area contributed by atoms with E-state index in [9.17, 15) is 9.59 Å². The topological polar surface area (TPSA) is 69.0 Å². The average Bonchev–Trinajstić information content (AvgIpc) is 3.12. The molecule has 1 atom stereocenters. The molecule has 7 heteroatoms. The van der Waals surface area contributed by atoms with Crippen LogP contribution in [0.25, 0.3) is 0 Å². The van der Waals surface area contributed by atoms with Crippen molar-refractivity contribution < 1.29 is 14.0 Å². The molecular formula is C17H24N4O3. The molecule has 3 aliphatic heterocycles. The summed E-state index contributed by atoms with van der Waals surface area (Å²) in [5.41, 5.74) is 0.